The van der Waals surface area contributed by atoms with Crippen LogP contribution in [0.15, 0.2) is 30.3 Å². The number of carboxylic acid groups (broad SMARTS) is 1. The number of hydrogen-bond acceptors (Lipinski definition) is 3. The molecule has 1 unspecified atom stereocenters. The summed E-state index contributed by atoms with van der Waals surface area (Å²) in [5.74, 6) is 0.259. The summed E-state index contributed by atoms with van der Waals surface area (Å²) in [7, 11) is 0. The highest BCUT2D eigenvalue weighted by Crippen LogP contribution is 2.18. The lowest BCUT2D eigenvalue weighted by molar-refractivity contribution is -0.141. The van der Waals surface area contributed by atoms with Crippen molar-refractivity contribution in [2.45, 2.75) is 6.04 Å². The first-order chi connectivity index (χ1) is 8.68. The van der Waals surface area contributed by atoms with Gasteiger partial charge in [0.05, 0.1) is 0 Å². The van der Waals surface area contributed by atoms with Crippen molar-refractivity contribution in [1.29, 1.82) is 0 Å². The normalized spacial score (nSPS) is 19.3. The van der Waals surface area contributed by atoms with Crippen LogP contribution in [-0.4, -0.2) is 46.1 Å². The zero-order valence-corrected chi connectivity index (χ0v) is 10.5. The molecule has 1 fully saturated rings. The Hall–Kier alpha value is -1.69. The third-order valence-corrected chi connectivity index (χ3v) is 3.72. The van der Waals surface area contributed by atoms with Crippen LogP contribution >= 0.6 is 11.8 Å². The lowest BCUT2D eigenvalue weighted by atomic mass is 10.3. The summed E-state index contributed by atoms with van der Waals surface area (Å²) in [6.45, 7) is 0.459. The fourth-order valence-electron chi connectivity index (χ4n) is 1.77. The number of carboxylic acids is 1. The van der Waals surface area contributed by atoms with Gasteiger partial charge in [0, 0.05) is 23.7 Å². The van der Waals surface area contributed by atoms with Crippen molar-refractivity contribution in [3.05, 3.63) is 30.3 Å². The third kappa shape index (κ3) is 2.95. The van der Waals surface area contributed by atoms with E-state index in [4.69, 9.17) is 5.11 Å². The molecule has 18 heavy (non-hydrogen) atoms. The molecule has 0 aliphatic carbocycles. The maximum absolute atomic E-state index is 12.0. The van der Waals surface area contributed by atoms with Gasteiger partial charge in [-0.1, -0.05) is 18.2 Å². The Morgan fingerprint density at radius 1 is 1.33 bits per heavy atom. The van der Waals surface area contributed by atoms with Crippen LogP contribution in [0, 0.1) is 0 Å². The molecule has 1 atom stereocenters. The molecule has 1 aliphatic rings. The number of anilines is 1. The lowest BCUT2D eigenvalue weighted by Crippen LogP contribution is -2.51. The van der Waals surface area contributed by atoms with Crippen molar-refractivity contribution >= 4 is 29.4 Å². The Morgan fingerprint density at radius 3 is 2.72 bits per heavy atom. The van der Waals surface area contributed by atoms with E-state index in [9.17, 15) is 9.59 Å². The molecule has 0 spiro atoms. The second-order valence-corrected chi connectivity index (χ2v) is 5.07. The molecular formula is C12H14N2O3S. The van der Waals surface area contributed by atoms with Gasteiger partial charge in [-0.2, -0.15) is 11.8 Å². The van der Waals surface area contributed by atoms with E-state index < -0.39 is 12.0 Å². The average molecular weight is 266 g/mol. The number of nitrogens with one attached hydrogen (secondary N) is 1. The molecule has 96 valence electrons. The van der Waals surface area contributed by atoms with Gasteiger partial charge in [0.2, 0.25) is 0 Å². The van der Waals surface area contributed by atoms with Crippen molar-refractivity contribution in [3.63, 3.8) is 0 Å². The van der Waals surface area contributed by atoms with Crippen molar-refractivity contribution < 1.29 is 14.7 Å². The SMILES string of the molecule is O=C(O)C1CSCCN1C(=O)Nc1ccccc1. The van der Waals surface area contributed by atoms with Crippen LogP contribution in [0.1, 0.15) is 0 Å². The number of aliphatic carboxylic acids is 1. The van der Waals surface area contributed by atoms with E-state index in [2.05, 4.69) is 5.32 Å². The van der Waals surface area contributed by atoms with Crippen molar-refractivity contribution in [2.75, 3.05) is 23.4 Å². The molecule has 1 heterocycles. The van der Waals surface area contributed by atoms with Gasteiger partial charge in [-0.25, -0.2) is 9.59 Å². The molecule has 0 aromatic heterocycles. The van der Waals surface area contributed by atoms with Crippen molar-refractivity contribution in [2.24, 2.45) is 0 Å². The molecule has 5 nitrogen and oxygen atoms in total. The Balaban J connectivity index is 2.05. The Bertz CT molecular complexity index is 438. The predicted molar refractivity (Wildman–Crippen MR) is 70.9 cm³/mol. The molecule has 0 bridgehead atoms. The van der Waals surface area contributed by atoms with E-state index in [1.807, 2.05) is 18.2 Å². The molecule has 1 aromatic rings. The highest BCUT2D eigenvalue weighted by molar-refractivity contribution is 7.99. The number of benzene rings is 1. The summed E-state index contributed by atoms with van der Waals surface area (Å²) in [6, 6.07) is 7.93. The fraction of sp³-hybridized carbons (Fsp3) is 0.333. The molecule has 6 heteroatoms. The summed E-state index contributed by atoms with van der Waals surface area (Å²) < 4.78 is 0. The molecule has 1 aromatic carbocycles. The second kappa shape index (κ2) is 5.77. The number of amides is 2. The van der Waals surface area contributed by atoms with Gasteiger partial charge < -0.3 is 15.3 Å². The third-order valence-electron chi connectivity index (χ3n) is 2.70. The topological polar surface area (TPSA) is 69.6 Å². The van der Waals surface area contributed by atoms with E-state index in [1.165, 1.54) is 4.90 Å². The van der Waals surface area contributed by atoms with Gasteiger partial charge in [0.15, 0.2) is 0 Å². The van der Waals surface area contributed by atoms with Crippen LogP contribution in [0.25, 0.3) is 0 Å². The smallest absolute Gasteiger partial charge is 0.327 e. The summed E-state index contributed by atoms with van der Waals surface area (Å²) >= 11 is 1.56. The quantitative estimate of drug-likeness (QED) is 0.855. The number of urea groups is 1. The number of nitrogens with zero attached hydrogens (tertiary/aromatic N) is 1. The summed E-state index contributed by atoms with van der Waals surface area (Å²) in [5, 5.41) is 11.8. The van der Waals surface area contributed by atoms with E-state index in [1.54, 1.807) is 23.9 Å². The summed E-state index contributed by atoms with van der Waals surface area (Å²) in [5.41, 5.74) is 0.671. The van der Waals surface area contributed by atoms with Gasteiger partial charge >= 0.3 is 12.0 Å². The van der Waals surface area contributed by atoms with Crippen molar-refractivity contribution in [1.82, 2.24) is 4.90 Å². The number of rotatable bonds is 2. The number of para-hydroxylation sites is 1. The highest BCUT2D eigenvalue weighted by Gasteiger charge is 2.32. The van der Waals surface area contributed by atoms with E-state index in [-0.39, 0.29) is 6.03 Å². The van der Waals surface area contributed by atoms with Crippen LogP contribution in [0.5, 0.6) is 0 Å². The maximum Gasteiger partial charge on any atom is 0.327 e. The van der Waals surface area contributed by atoms with E-state index >= 15 is 0 Å². The molecule has 2 rings (SSSR count). The lowest BCUT2D eigenvalue weighted by Gasteiger charge is -2.32. The number of carbonyl (C=O) groups excluding carboxylic acids is 1. The largest absolute Gasteiger partial charge is 0.480 e. The van der Waals surface area contributed by atoms with E-state index in [0.29, 0.717) is 18.0 Å². The van der Waals surface area contributed by atoms with Gasteiger partial charge in [-0.15, -0.1) is 0 Å². The summed E-state index contributed by atoms with van der Waals surface area (Å²) in [4.78, 5) is 24.5. The zero-order valence-electron chi connectivity index (χ0n) is 9.70. The van der Waals surface area contributed by atoms with Crippen molar-refractivity contribution in [3.8, 4) is 0 Å². The van der Waals surface area contributed by atoms with E-state index in [0.717, 1.165) is 5.75 Å². The zero-order chi connectivity index (χ0) is 13.0. The minimum absolute atomic E-state index is 0.353. The molecule has 0 radical (unpaired) electrons. The van der Waals surface area contributed by atoms with Gasteiger partial charge in [-0.3, -0.25) is 0 Å². The molecule has 1 saturated heterocycles. The highest BCUT2D eigenvalue weighted by atomic mass is 32.2. The number of carbonyl (C=O) groups is 2. The van der Waals surface area contributed by atoms with Crippen LogP contribution in [0.2, 0.25) is 0 Å². The molecular weight excluding hydrogens is 252 g/mol. The van der Waals surface area contributed by atoms with Crippen LogP contribution in [0.3, 0.4) is 0 Å². The Kier molecular flexibility index (Phi) is 4.09. The fourth-order valence-corrected chi connectivity index (χ4v) is 2.81. The van der Waals surface area contributed by atoms with Crippen LogP contribution in [0.4, 0.5) is 10.5 Å². The van der Waals surface area contributed by atoms with Gasteiger partial charge in [-0.05, 0) is 12.1 Å². The standard InChI is InChI=1S/C12H14N2O3S/c15-11(16)10-8-18-7-6-14(10)12(17)13-9-4-2-1-3-5-9/h1-5,10H,6-8H2,(H,13,17)(H,15,16). The molecule has 2 amide bonds. The summed E-state index contributed by atoms with van der Waals surface area (Å²) in [6.07, 6.45) is 0. The molecule has 2 N–H and O–H groups in total. The maximum atomic E-state index is 12.0. The first-order valence-electron chi connectivity index (χ1n) is 5.61. The number of hydrogen-bond donors (Lipinski definition) is 2. The molecule has 1 aliphatic heterocycles. The average Bonchev–Trinajstić information content (AvgIpc) is 2.40. The first-order valence-corrected chi connectivity index (χ1v) is 6.77. The number of thioether (sulfide) groups is 1. The molecule has 0 saturated carbocycles. The monoisotopic (exact) mass is 266 g/mol. The Labute approximate surface area is 109 Å². The Morgan fingerprint density at radius 2 is 2.06 bits per heavy atom. The van der Waals surface area contributed by atoms with Gasteiger partial charge in [0.25, 0.3) is 0 Å². The van der Waals surface area contributed by atoms with Crippen LogP contribution in [-0.2, 0) is 4.79 Å². The first kappa shape index (κ1) is 12.8. The minimum atomic E-state index is -0.953. The predicted octanol–water partition coefficient (Wildman–Crippen LogP) is 1.72. The van der Waals surface area contributed by atoms with Gasteiger partial charge in [0.1, 0.15) is 6.04 Å². The minimum Gasteiger partial charge on any atom is -0.480 e. The van der Waals surface area contributed by atoms with Crippen LogP contribution < -0.4 is 5.32 Å². The second-order valence-electron chi connectivity index (χ2n) is 3.92.